The molecular formula is C14H13BrN4S2. The first-order chi connectivity index (χ1) is 10.2. The van der Waals surface area contributed by atoms with Gasteiger partial charge >= 0.3 is 0 Å². The highest BCUT2D eigenvalue weighted by Crippen LogP contribution is 2.30. The van der Waals surface area contributed by atoms with Crippen molar-refractivity contribution in [3.63, 3.8) is 0 Å². The minimum Gasteiger partial charge on any atom is -0.378 e. The van der Waals surface area contributed by atoms with E-state index in [9.17, 15) is 0 Å². The number of nitrogens with one attached hydrogen (secondary N) is 2. The number of aromatic amines is 1. The van der Waals surface area contributed by atoms with E-state index < -0.39 is 0 Å². The Morgan fingerprint density at radius 3 is 2.67 bits per heavy atom. The van der Waals surface area contributed by atoms with E-state index in [1.54, 1.807) is 23.1 Å². The minimum atomic E-state index is 0.286. The molecule has 4 nitrogen and oxygen atoms in total. The molecule has 0 radical (unpaired) electrons. The summed E-state index contributed by atoms with van der Waals surface area (Å²) in [6.45, 7) is 2.16. The summed E-state index contributed by atoms with van der Waals surface area (Å²) in [4.78, 5) is 6.54. The van der Waals surface area contributed by atoms with Gasteiger partial charge in [-0.2, -0.15) is 5.10 Å². The van der Waals surface area contributed by atoms with Gasteiger partial charge in [0.1, 0.15) is 6.33 Å². The molecule has 1 unspecified atom stereocenters. The standard InChI is InChI=1S/C14H13BrN4S2/c1-9(12-6-7-13(15)21-12)18-10-2-4-11(5-3-10)20-14-16-8-17-19-14/h2-9,18H,1H3,(H,16,17,19). The summed E-state index contributed by atoms with van der Waals surface area (Å²) in [5.41, 5.74) is 1.11. The van der Waals surface area contributed by atoms with Crippen LogP contribution in [-0.4, -0.2) is 15.2 Å². The third-order valence-corrected chi connectivity index (χ3v) is 5.57. The van der Waals surface area contributed by atoms with E-state index in [2.05, 4.69) is 79.8 Å². The monoisotopic (exact) mass is 380 g/mol. The lowest BCUT2D eigenvalue weighted by Crippen LogP contribution is -2.04. The van der Waals surface area contributed by atoms with Gasteiger partial charge in [0.05, 0.1) is 9.83 Å². The van der Waals surface area contributed by atoms with Crippen LogP contribution in [0.4, 0.5) is 5.69 Å². The zero-order valence-electron chi connectivity index (χ0n) is 11.2. The van der Waals surface area contributed by atoms with Crippen LogP contribution < -0.4 is 5.32 Å². The normalized spacial score (nSPS) is 12.3. The third-order valence-electron chi connectivity index (χ3n) is 2.87. The lowest BCUT2D eigenvalue weighted by Gasteiger charge is -2.13. The Kier molecular flexibility index (Phi) is 4.62. The lowest BCUT2D eigenvalue weighted by molar-refractivity contribution is 0.907. The number of rotatable bonds is 5. The number of H-pyrrole nitrogens is 1. The molecule has 2 N–H and O–H groups in total. The summed E-state index contributed by atoms with van der Waals surface area (Å²) in [7, 11) is 0. The van der Waals surface area contributed by atoms with Crippen LogP contribution in [0.5, 0.6) is 0 Å². The summed E-state index contributed by atoms with van der Waals surface area (Å²) >= 11 is 6.81. The van der Waals surface area contributed by atoms with Gasteiger partial charge in [-0.05, 0) is 59.3 Å². The maximum Gasteiger partial charge on any atom is 0.188 e. The average molecular weight is 381 g/mol. The molecule has 0 saturated heterocycles. The maximum absolute atomic E-state index is 4.10. The fraction of sp³-hybridized carbons (Fsp3) is 0.143. The highest BCUT2D eigenvalue weighted by Gasteiger charge is 2.08. The first-order valence-electron chi connectivity index (χ1n) is 6.36. The molecule has 108 valence electrons. The van der Waals surface area contributed by atoms with Crippen molar-refractivity contribution in [3.05, 3.63) is 51.4 Å². The Hall–Kier alpha value is -1.31. The summed E-state index contributed by atoms with van der Waals surface area (Å²) in [6.07, 6.45) is 1.51. The van der Waals surface area contributed by atoms with Crippen LogP contribution in [0.3, 0.4) is 0 Å². The molecule has 0 amide bonds. The quantitative estimate of drug-likeness (QED) is 0.656. The number of benzene rings is 1. The molecule has 3 aromatic rings. The second kappa shape index (κ2) is 6.64. The molecule has 0 aliphatic carbocycles. The van der Waals surface area contributed by atoms with E-state index in [-0.39, 0.29) is 6.04 Å². The van der Waals surface area contributed by atoms with Crippen molar-refractivity contribution >= 4 is 44.7 Å². The van der Waals surface area contributed by atoms with Crippen molar-refractivity contribution in [2.75, 3.05) is 5.32 Å². The molecule has 0 fully saturated rings. The number of nitrogens with zero attached hydrogens (tertiary/aromatic N) is 2. The molecule has 0 saturated carbocycles. The van der Waals surface area contributed by atoms with Crippen molar-refractivity contribution in [2.45, 2.75) is 23.0 Å². The molecule has 0 aliphatic rings. The summed E-state index contributed by atoms with van der Waals surface area (Å²) in [5.74, 6) is 0. The molecule has 0 bridgehead atoms. The molecule has 3 rings (SSSR count). The first-order valence-corrected chi connectivity index (χ1v) is 8.78. The predicted octanol–water partition coefficient (Wildman–Crippen LogP) is 4.95. The molecule has 2 heterocycles. The molecule has 1 atom stereocenters. The molecule has 21 heavy (non-hydrogen) atoms. The van der Waals surface area contributed by atoms with E-state index in [0.29, 0.717) is 0 Å². The SMILES string of the molecule is CC(Nc1ccc(Sc2ncn[nH]2)cc1)c1ccc(Br)s1. The second-order valence-electron chi connectivity index (χ2n) is 4.42. The van der Waals surface area contributed by atoms with Crippen molar-refractivity contribution < 1.29 is 0 Å². The average Bonchev–Trinajstić information content (AvgIpc) is 3.12. The van der Waals surface area contributed by atoms with Crippen LogP contribution in [0, 0.1) is 0 Å². The van der Waals surface area contributed by atoms with Crippen LogP contribution in [-0.2, 0) is 0 Å². The molecular weight excluding hydrogens is 368 g/mol. The largest absolute Gasteiger partial charge is 0.378 e. The van der Waals surface area contributed by atoms with Gasteiger partial charge in [0.2, 0.25) is 0 Å². The number of hydrogen-bond acceptors (Lipinski definition) is 5. The van der Waals surface area contributed by atoms with Gasteiger partial charge in [-0.25, -0.2) is 4.98 Å². The van der Waals surface area contributed by atoms with E-state index in [1.165, 1.54) is 11.2 Å². The highest BCUT2D eigenvalue weighted by molar-refractivity contribution is 9.11. The zero-order valence-corrected chi connectivity index (χ0v) is 14.4. The molecule has 0 aliphatic heterocycles. The fourth-order valence-corrected chi connectivity index (χ4v) is 3.98. The Morgan fingerprint density at radius 2 is 2.05 bits per heavy atom. The van der Waals surface area contributed by atoms with E-state index >= 15 is 0 Å². The second-order valence-corrected chi connectivity index (χ2v) is 7.98. The summed E-state index contributed by atoms with van der Waals surface area (Å²) in [6, 6.07) is 12.8. The predicted molar refractivity (Wildman–Crippen MR) is 91.0 cm³/mol. The van der Waals surface area contributed by atoms with Gasteiger partial charge in [0, 0.05) is 15.5 Å². The first kappa shape index (κ1) is 14.6. The van der Waals surface area contributed by atoms with Crippen LogP contribution in [0.15, 0.2) is 56.6 Å². The van der Waals surface area contributed by atoms with E-state index in [1.807, 2.05) is 0 Å². The Balaban J connectivity index is 1.64. The smallest absolute Gasteiger partial charge is 0.188 e. The van der Waals surface area contributed by atoms with Crippen molar-refractivity contribution in [2.24, 2.45) is 0 Å². The maximum atomic E-state index is 4.10. The van der Waals surface area contributed by atoms with Gasteiger partial charge in [-0.1, -0.05) is 11.8 Å². The minimum absolute atomic E-state index is 0.286. The summed E-state index contributed by atoms with van der Waals surface area (Å²) < 4.78 is 1.16. The highest BCUT2D eigenvalue weighted by atomic mass is 79.9. The van der Waals surface area contributed by atoms with Gasteiger partial charge in [-0.15, -0.1) is 11.3 Å². The molecule has 2 aromatic heterocycles. The number of halogens is 1. The van der Waals surface area contributed by atoms with Crippen LogP contribution >= 0.6 is 39.0 Å². The van der Waals surface area contributed by atoms with Gasteiger partial charge in [0.15, 0.2) is 5.16 Å². The number of hydrogen-bond donors (Lipinski definition) is 2. The molecule has 7 heteroatoms. The topological polar surface area (TPSA) is 53.6 Å². The van der Waals surface area contributed by atoms with Crippen molar-refractivity contribution in [1.82, 2.24) is 15.2 Å². The van der Waals surface area contributed by atoms with Gasteiger partial charge in [0.25, 0.3) is 0 Å². The zero-order chi connectivity index (χ0) is 14.7. The molecule has 1 aromatic carbocycles. The number of aromatic nitrogens is 3. The third kappa shape index (κ3) is 3.87. The Morgan fingerprint density at radius 1 is 1.24 bits per heavy atom. The molecule has 0 spiro atoms. The van der Waals surface area contributed by atoms with Crippen molar-refractivity contribution in [3.8, 4) is 0 Å². The van der Waals surface area contributed by atoms with Crippen molar-refractivity contribution in [1.29, 1.82) is 0 Å². The Labute approximate surface area is 139 Å². The van der Waals surface area contributed by atoms with Crippen LogP contribution in [0.1, 0.15) is 17.8 Å². The van der Waals surface area contributed by atoms with Crippen LogP contribution in [0.25, 0.3) is 0 Å². The van der Waals surface area contributed by atoms with Crippen LogP contribution in [0.2, 0.25) is 0 Å². The van der Waals surface area contributed by atoms with Gasteiger partial charge in [-0.3, -0.25) is 5.10 Å². The van der Waals surface area contributed by atoms with E-state index in [0.717, 1.165) is 19.5 Å². The summed E-state index contributed by atoms with van der Waals surface area (Å²) in [5, 5.41) is 11.0. The lowest BCUT2D eigenvalue weighted by atomic mass is 10.2. The van der Waals surface area contributed by atoms with Gasteiger partial charge < -0.3 is 5.32 Å². The Bertz CT molecular complexity index is 694. The number of anilines is 1. The number of thiophene rings is 1. The van der Waals surface area contributed by atoms with E-state index in [4.69, 9.17) is 0 Å². The fourth-order valence-electron chi connectivity index (χ4n) is 1.86.